The number of nitrogens with zero attached hydrogens (tertiary/aromatic N) is 4. The molecular weight excluding hydrogens is 320 g/mol. The fourth-order valence-corrected chi connectivity index (χ4v) is 3.16. The van der Waals surface area contributed by atoms with Crippen molar-refractivity contribution in [1.29, 1.82) is 0 Å². The monoisotopic (exact) mass is 342 g/mol. The molecule has 0 spiro atoms. The number of hydrogen-bond acceptors (Lipinski definition) is 6. The Balaban J connectivity index is 1.76. The maximum absolute atomic E-state index is 11.1. The number of piperidine rings is 1. The Morgan fingerprint density at radius 3 is 2.64 bits per heavy atom. The lowest BCUT2D eigenvalue weighted by Gasteiger charge is -2.34. The molecule has 0 bridgehead atoms. The average Bonchev–Trinajstić information content (AvgIpc) is 2.67. The molecule has 0 radical (unpaired) electrons. The van der Waals surface area contributed by atoms with Gasteiger partial charge in [0.25, 0.3) is 0 Å². The van der Waals surface area contributed by atoms with Crippen LogP contribution in [-0.4, -0.2) is 50.3 Å². The largest absolute Gasteiger partial charge is 0.478 e. The number of rotatable bonds is 5. The Morgan fingerprint density at radius 1 is 1.24 bits per heavy atom. The number of pyridine rings is 1. The molecule has 2 aromatic rings. The molecule has 0 unspecified atom stereocenters. The first-order valence-electron chi connectivity index (χ1n) is 8.54. The van der Waals surface area contributed by atoms with Gasteiger partial charge in [0.15, 0.2) is 0 Å². The van der Waals surface area contributed by atoms with Crippen LogP contribution in [0.15, 0.2) is 30.6 Å². The third-order valence-corrected chi connectivity index (χ3v) is 4.70. The van der Waals surface area contributed by atoms with Gasteiger partial charge in [0, 0.05) is 25.5 Å². The number of carbonyl (C=O) groups is 1. The highest BCUT2D eigenvalue weighted by Gasteiger charge is 2.25. The summed E-state index contributed by atoms with van der Waals surface area (Å²) in [5.41, 5.74) is 1.29. The molecule has 7 nitrogen and oxygen atoms in total. The van der Waals surface area contributed by atoms with Crippen molar-refractivity contribution in [2.75, 3.05) is 18.0 Å². The van der Waals surface area contributed by atoms with E-state index in [2.05, 4.69) is 19.9 Å². The van der Waals surface area contributed by atoms with Crippen LogP contribution in [0, 0.1) is 5.92 Å². The van der Waals surface area contributed by atoms with Crippen LogP contribution in [0.5, 0.6) is 0 Å². The number of carboxylic acid groups (broad SMARTS) is 1. The molecule has 0 aliphatic carbocycles. The maximum Gasteiger partial charge on any atom is 0.335 e. The van der Waals surface area contributed by atoms with E-state index < -0.39 is 5.97 Å². The van der Waals surface area contributed by atoms with Gasteiger partial charge < -0.3 is 15.1 Å². The van der Waals surface area contributed by atoms with Crippen molar-refractivity contribution in [2.24, 2.45) is 5.92 Å². The van der Waals surface area contributed by atoms with Crippen LogP contribution >= 0.6 is 0 Å². The molecule has 132 valence electrons. The Labute approximate surface area is 146 Å². The first-order valence-corrected chi connectivity index (χ1v) is 8.54. The van der Waals surface area contributed by atoms with Crippen LogP contribution in [0.1, 0.15) is 36.5 Å². The molecule has 7 heteroatoms. The van der Waals surface area contributed by atoms with Crippen molar-refractivity contribution >= 4 is 11.9 Å². The van der Waals surface area contributed by atoms with Gasteiger partial charge in [-0.1, -0.05) is 6.92 Å². The van der Waals surface area contributed by atoms with Crippen LogP contribution in [0.4, 0.5) is 5.95 Å². The number of carboxylic acids is 1. The summed E-state index contributed by atoms with van der Waals surface area (Å²) in [6.07, 6.45) is 5.50. The van der Waals surface area contributed by atoms with Gasteiger partial charge in [-0.15, -0.1) is 0 Å². The van der Waals surface area contributed by atoms with Gasteiger partial charge in [-0.3, -0.25) is 4.98 Å². The van der Waals surface area contributed by atoms with Gasteiger partial charge in [0.1, 0.15) is 0 Å². The zero-order valence-corrected chi connectivity index (χ0v) is 14.2. The molecule has 1 saturated heterocycles. The quantitative estimate of drug-likeness (QED) is 0.859. The predicted molar refractivity (Wildman–Crippen MR) is 93.5 cm³/mol. The molecule has 1 atom stereocenters. The van der Waals surface area contributed by atoms with Crippen molar-refractivity contribution in [3.63, 3.8) is 0 Å². The lowest BCUT2D eigenvalue weighted by Crippen LogP contribution is -2.38. The molecule has 3 rings (SSSR count). The molecule has 2 aromatic heterocycles. The van der Waals surface area contributed by atoms with Crippen LogP contribution in [-0.2, 0) is 0 Å². The molecule has 0 aromatic carbocycles. The van der Waals surface area contributed by atoms with Crippen LogP contribution in [0.2, 0.25) is 0 Å². The molecule has 1 aliphatic heterocycles. The number of aromatic nitrogens is 3. The number of anilines is 1. The highest BCUT2D eigenvalue weighted by molar-refractivity contribution is 5.88. The lowest BCUT2D eigenvalue weighted by atomic mass is 9.90. The van der Waals surface area contributed by atoms with E-state index in [4.69, 9.17) is 5.11 Å². The highest BCUT2D eigenvalue weighted by Crippen LogP contribution is 2.25. The van der Waals surface area contributed by atoms with Crippen molar-refractivity contribution in [2.45, 2.75) is 32.3 Å². The van der Waals surface area contributed by atoms with Crippen LogP contribution < -0.4 is 4.90 Å². The van der Waals surface area contributed by atoms with Crippen molar-refractivity contribution in [1.82, 2.24) is 15.0 Å². The Morgan fingerprint density at radius 2 is 1.96 bits per heavy atom. The van der Waals surface area contributed by atoms with Crippen molar-refractivity contribution in [3.05, 3.63) is 36.2 Å². The van der Waals surface area contributed by atoms with E-state index in [1.165, 1.54) is 18.3 Å². The fraction of sp³-hybridized carbons (Fsp3) is 0.444. The van der Waals surface area contributed by atoms with Crippen molar-refractivity contribution in [3.8, 4) is 11.4 Å². The topological polar surface area (TPSA) is 99.4 Å². The van der Waals surface area contributed by atoms with E-state index in [0.29, 0.717) is 23.3 Å². The zero-order chi connectivity index (χ0) is 17.8. The number of aromatic carboxylic acids is 1. The summed E-state index contributed by atoms with van der Waals surface area (Å²) in [6.45, 7) is 3.60. The Bertz CT molecular complexity index is 745. The first-order chi connectivity index (χ1) is 12.1. The molecule has 0 saturated carbocycles. The van der Waals surface area contributed by atoms with E-state index in [-0.39, 0.29) is 11.7 Å². The van der Waals surface area contributed by atoms with E-state index in [1.54, 1.807) is 12.3 Å². The maximum atomic E-state index is 11.1. The Kier molecular flexibility index (Phi) is 5.23. The van der Waals surface area contributed by atoms with Crippen LogP contribution in [0.3, 0.4) is 0 Å². The number of hydrogen-bond donors (Lipinski definition) is 2. The molecule has 3 heterocycles. The van der Waals surface area contributed by atoms with Gasteiger partial charge in [-0.2, -0.15) is 0 Å². The predicted octanol–water partition coefficient (Wildman–Crippen LogP) is 2.22. The summed E-state index contributed by atoms with van der Waals surface area (Å²) in [5.74, 6) is -0.0442. The SMILES string of the molecule is CC[C@@H](O)C1CCN(c2nccc(-c3cc(C(=O)O)ccn3)n2)CC1. The normalized spacial score (nSPS) is 16.6. The minimum absolute atomic E-state index is 0.180. The smallest absolute Gasteiger partial charge is 0.335 e. The van der Waals surface area contributed by atoms with Gasteiger partial charge in [0.05, 0.1) is 23.1 Å². The third kappa shape index (κ3) is 3.93. The highest BCUT2D eigenvalue weighted by atomic mass is 16.4. The van der Waals surface area contributed by atoms with E-state index in [1.807, 2.05) is 6.92 Å². The van der Waals surface area contributed by atoms with Crippen LogP contribution in [0.25, 0.3) is 11.4 Å². The molecule has 2 N–H and O–H groups in total. The van der Waals surface area contributed by atoms with Gasteiger partial charge in [-0.25, -0.2) is 14.8 Å². The van der Waals surface area contributed by atoms with Gasteiger partial charge in [0.2, 0.25) is 5.95 Å². The fourth-order valence-electron chi connectivity index (χ4n) is 3.16. The minimum Gasteiger partial charge on any atom is -0.478 e. The third-order valence-electron chi connectivity index (χ3n) is 4.70. The summed E-state index contributed by atoms with van der Waals surface area (Å²) in [4.78, 5) is 26.3. The zero-order valence-electron chi connectivity index (χ0n) is 14.2. The van der Waals surface area contributed by atoms with E-state index in [0.717, 1.165) is 32.4 Å². The molecule has 0 amide bonds. The second-order valence-electron chi connectivity index (χ2n) is 6.28. The molecule has 1 aliphatic rings. The van der Waals surface area contributed by atoms with E-state index in [9.17, 15) is 9.90 Å². The molecular formula is C18H22N4O3. The average molecular weight is 342 g/mol. The summed E-state index contributed by atoms with van der Waals surface area (Å²) < 4.78 is 0. The first kappa shape index (κ1) is 17.3. The van der Waals surface area contributed by atoms with Crippen molar-refractivity contribution < 1.29 is 15.0 Å². The van der Waals surface area contributed by atoms with E-state index >= 15 is 0 Å². The summed E-state index contributed by atoms with van der Waals surface area (Å²) in [7, 11) is 0. The lowest BCUT2D eigenvalue weighted by molar-refractivity contribution is 0.0696. The molecule has 25 heavy (non-hydrogen) atoms. The number of aliphatic hydroxyl groups is 1. The second kappa shape index (κ2) is 7.57. The number of aliphatic hydroxyl groups excluding tert-OH is 1. The van der Waals surface area contributed by atoms with Gasteiger partial charge in [-0.05, 0) is 43.4 Å². The Hall–Kier alpha value is -2.54. The summed E-state index contributed by atoms with van der Waals surface area (Å²) in [6, 6.07) is 4.70. The minimum atomic E-state index is -0.991. The summed E-state index contributed by atoms with van der Waals surface area (Å²) >= 11 is 0. The summed E-state index contributed by atoms with van der Waals surface area (Å²) in [5, 5.41) is 19.1. The molecule has 1 fully saturated rings. The second-order valence-corrected chi connectivity index (χ2v) is 6.28. The van der Waals surface area contributed by atoms with Gasteiger partial charge >= 0.3 is 5.97 Å². The standard InChI is InChI=1S/C18H22N4O3/c1-2-16(23)12-5-9-22(10-6-12)18-20-8-4-14(21-18)15-11-13(17(24)25)3-7-19-15/h3-4,7-8,11-12,16,23H,2,5-6,9-10H2,1H3,(H,24,25)/t16-/m1/s1.